The third-order valence-corrected chi connectivity index (χ3v) is 12.3. The summed E-state index contributed by atoms with van der Waals surface area (Å²) in [5.41, 5.74) is 13.4. The van der Waals surface area contributed by atoms with E-state index in [0.29, 0.717) is 0 Å². The third kappa shape index (κ3) is 5.81. The minimum atomic E-state index is 0.964. The van der Waals surface area contributed by atoms with Gasteiger partial charge in [0.15, 0.2) is 0 Å². The average molecular weight is 761 g/mol. The molecule has 0 aliphatic rings. The van der Waals surface area contributed by atoms with Gasteiger partial charge in [-0.15, -0.1) is 0 Å². The van der Waals surface area contributed by atoms with Gasteiger partial charge in [0, 0.05) is 32.7 Å². The highest BCUT2D eigenvalue weighted by atomic mass is 14.7. The molecule has 0 saturated carbocycles. The van der Waals surface area contributed by atoms with Crippen molar-refractivity contribution >= 4 is 64.9 Å². The van der Waals surface area contributed by atoms with Gasteiger partial charge in [-0.3, -0.25) is 0 Å². The van der Waals surface area contributed by atoms with E-state index >= 15 is 0 Å². The van der Waals surface area contributed by atoms with Gasteiger partial charge in [-0.25, -0.2) is 9.97 Å². The first-order chi connectivity index (χ1) is 29.7. The van der Waals surface area contributed by atoms with E-state index in [1.54, 1.807) is 0 Å². The maximum Gasteiger partial charge on any atom is 0.0788 e. The highest BCUT2D eigenvalue weighted by Gasteiger charge is 2.12. The molecule has 2 heterocycles. The number of pyridine rings is 2. The molecule has 2 nitrogen and oxygen atoms in total. The summed E-state index contributed by atoms with van der Waals surface area (Å²) in [6.07, 6.45) is 0. The monoisotopic (exact) mass is 760 g/mol. The summed E-state index contributed by atoms with van der Waals surface area (Å²) in [6, 6.07) is 78.8. The van der Waals surface area contributed by atoms with Gasteiger partial charge in [0.05, 0.1) is 22.4 Å². The normalized spacial score (nSPS) is 11.7. The first-order valence-electron chi connectivity index (χ1n) is 20.5. The van der Waals surface area contributed by atoms with Crippen LogP contribution in [0.25, 0.3) is 121 Å². The Hall–Kier alpha value is -7.94. The SMILES string of the molecule is c1ccc2c(-c3ccc4ccc5ccc(-c6ccc(-c7ccc(-c8ccc9ccc%10ccc(-c%11cccc%12ccccc%11%12)cc%10c9n8)cc7)cc6)nc5c4c3)cccc2c1. The zero-order chi connectivity index (χ0) is 39.6. The van der Waals surface area contributed by atoms with Gasteiger partial charge in [-0.2, -0.15) is 0 Å². The summed E-state index contributed by atoms with van der Waals surface area (Å²) in [4.78, 5) is 10.6. The minimum Gasteiger partial charge on any atom is -0.247 e. The van der Waals surface area contributed by atoms with Crippen molar-refractivity contribution in [1.82, 2.24) is 9.97 Å². The Morgan fingerprint density at radius 1 is 0.217 bits per heavy atom. The van der Waals surface area contributed by atoms with Crippen LogP contribution in [0.2, 0.25) is 0 Å². The van der Waals surface area contributed by atoms with Gasteiger partial charge in [-0.1, -0.05) is 194 Å². The lowest BCUT2D eigenvalue weighted by Gasteiger charge is -2.11. The number of aromatic nitrogens is 2. The molecule has 0 atom stereocenters. The fourth-order valence-corrected chi connectivity index (χ4v) is 9.09. The molecule has 0 unspecified atom stereocenters. The van der Waals surface area contributed by atoms with Crippen molar-refractivity contribution in [2.24, 2.45) is 0 Å². The van der Waals surface area contributed by atoms with Gasteiger partial charge in [0.25, 0.3) is 0 Å². The summed E-state index contributed by atoms with van der Waals surface area (Å²) in [7, 11) is 0. The number of benzene rings is 10. The van der Waals surface area contributed by atoms with E-state index in [0.717, 1.165) is 66.2 Å². The first-order valence-corrected chi connectivity index (χ1v) is 20.5. The summed E-state index contributed by atoms with van der Waals surface area (Å²) in [5, 5.41) is 12.0. The maximum atomic E-state index is 5.28. The van der Waals surface area contributed by atoms with Crippen molar-refractivity contribution in [2.75, 3.05) is 0 Å². The molecule has 0 fully saturated rings. The standard InChI is InChI=1S/C58H36N2/c1-3-11-49-39(7-1)9-5-13-51(49)47-29-21-41-19-27-45-31-33-55(59-57(45)53(41)35-47)43-23-15-37(16-24-43)38-17-25-44(26-18-38)56-34-32-46-28-20-42-22-30-48(36-54(42)58(46)60-56)52-14-6-10-40-8-2-4-12-50(40)52/h1-36H. The van der Waals surface area contributed by atoms with Crippen LogP contribution in [0.15, 0.2) is 218 Å². The molecule has 2 aromatic heterocycles. The van der Waals surface area contributed by atoms with Crippen molar-refractivity contribution in [1.29, 1.82) is 0 Å². The zero-order valence-electron chi connectivity index (χ0n) is 32.7. The molecule has 0 saturated heterocycles. The average Bonchev–Trinajstić information content (AvgIpc) is 3.33. The second kappa shape index (κ2) is 13.9. The van der Waals surface area contributed by atoms with Crippen LogP contribution in [0, 0.1) is 0 Å². The molecule has 0 aliphatic carbocycles. The van der Waals surface area contributed by atoms with E-state index in [9.17, 15) is 0 Å². The van der Waals surface area contributed by atoms with E-state index in [4.69, 9.17) is 9.97 Å². The Balaban J connectivity index is 0.849. The zero-order valence-corrected chi connectivity index (χ0v) is 32.7. The maximum absolute atomic E-state index is 5.28. The highest BCUT2D eigenvalue weighted by molar-refractivity contribution is 6.10. The van der Waals surface area contributed by atoms with E-state index in [1.165, 1.54) is 54.6 Å². The Morgan fingerprint density at radius 2 is 0.550 bits per heavy atom. The number of rotatable bonds is 5. The van der Waals surface area contributed by atoms with Gasteiger partial charge < -0.3 is 0 Å². The predicted octanol–water partition coefficient (Wildman–Crippen LogP) is 15.7. The molecule has 0 spiro atoms. The number of fused-ring (bicyclic) bond motifs is 8. The summed E-state index contributed by atoms with van der Waals surface area (Å²) < 4.78 is 0. The smallest absolute Gasteiger partial charge is 0.0788 e. The molecule has 10 aromatic carbocycles. The number of hydrogen-bond donors (Lipinski definition) is 0. The van der Waals surface area contributed by atoms with Crippen LogP contribution in [0.4, 0.5) is 0 Å². The van der Waals surface area contributed by atoms with Gasteiger partial charge >= 0.3 is 0 Å². The fourth-order valence-electron chi connectivity index (χ4n) is 9.09. The quantitative estimate of drug-likeness (QED) is 0.163. The molecule has 0 N–H and O–H groups in total. The fraction of sp³-hybridized carbons (Fsp3) is 0. The molecule has 2 heteroatoms. The lowest BCUT2D eigenvalue weighted by atomic mass is 9.95. The molecule has 12 aromatic rings. The van der Waals surface area contributed by atoms with Crippen molar-refractivity contribution in [3.63, 3.8) is 0 Å². The molecule has 0 bridgehead atoms. The van der Waals surface area contributed by atoms with E-state index in [-0.39, 0.29) is 0 Å². The second-order valence-electron chi connectivity index (χ2n) is 15.7. The number of hydrogen-bond acceptors (Lipinski definition) is 2. The van der Waals surface area contributed by atoms with Crippen LogP contribution in [-0.2, 0) is 0 Å². The Labute approximate surface area is 347 Å². The predicted molar refractivity (Wildman–Crippen MR) is 254 cm³/mol. The first kappa shape index (κ1) is 34.1. The molecule has 0 amide bonds. The molecule has 60 heavy (non-hydrogen) atoms. The van der Waals surface area contributed by atoms with Gasteiger partial charge in [0.1, 0.15) is 0 Å². The minimum absolute atomic E-state index is 0.964. The molecular formula is C58H36N2. The number of nitrogens with zero attached hydrogens (tertiary/aromatic N) is 2. The molecule has 0 aliphatic heterocycles. The Morgan fingerprint density at radius 3 is 1.02 bits per heavy atom. The van der Waals surface area contributed by atoms with E-state index < -0.39 is 0 Å². The molecular weight excluding hydrogens is 725 g/mol. The lowest BCUT2D eigenvalue weighted by Crippen LogP contribution is -1.89. The van der Waals surface area contributed by atoms with Crippen LogP contribution in [0.5, 0.6) is 0 Å². The van der Waals surface area contributed by atoms with Crippen LogP contribution in [0.3, 0.4) is 0 Å². The topological polar surface area (TPSA) is 25.8 Å². The largest absolute Gasteiger partial charge is 0.247 e. The Bertz CT molecular complexity index is 3390. The van der Waals surface area contributed by atoms with Gasteiger partial charge in [0.2, 0.25) is 0 Å². The van der Waals surface area contributed by atoms with Gasteiger partial charge in [-0.05, 0) is 90.0 Å². The molecule has 278 valence electrons. The summed E-state index contributed by atoms with van der Waals surface area (Å²) in [5.74, 6) is 0. The van der Waals surface area contributed by atoms with Crippen LogP contribution >= 0.6 is 0 Å². The lowest BCUT2D eigenvalue weighted by molar-refractivity contribution is 1.40. The summed E-state index contributed by atoms with van der Waals surface area (Å²) >= 11 is 0. The third-order valence-electron chi connectivity index (χ3n) is 12.3. The van der Waals surface area contributed by atoms with E-state index in [1.807, 2.05) is 0 Å². The molecule has 12 rings (SSSR count). The summed E-state index contributed by atoms with van der Waals surface area (Å²) in [6.45, 7) is 0. The molecule has 0 radical (unpaired) electrons. The van der Waals surface area contributed by atoms with Crippen molar-refractivity contribution in [3.8, 4) is 55.9 Å². The van der Waals surface area contributed by atoms with Crippen molar-refractivity contribution in [3.05, 3.63) is 218 Å². The second-order valence-corrected chi connectivity index (χ2v) is 15.7. The highest BCUT2D eigenvalue weighted by Crippen LogP contribution is 2.37. The van der Waals surface area contributed by atoms with Crippen molar-refractivity contribution in [2.45, 2.75) is 0 Å². The van der Waals surface area contributed by atoms with Crippen LogP contribution < -0.4 is 0 Å². The van der Waals surface area contributed by atoms with Crippen molar-refractivity contribution < 1.29 is 0 Å². The van der Waals surface area contributed by atoms with Crippen LogP contribution in [0.1, 0.15) is 0 Å². The van der Waals surface area contributed by atoms with Crippen LogP contribution in [-0.4, -0.2) is 9.97 Å². The van der Waals surface area contributed by atoms with E-state index in [2.05, 4.69) is 218 Å². The Kier molecular flexibility index (Phi) is 7.89.